The third kappa shape index (κ3) is 5.01. The van der Waals surface area contributed by atoms with E-state index in [9.17, 15) is 0 Å². The predicted octanol–water partition coefficient (Wildman–Crippen LogP) is 4.29. The SMILES string of the molecule is NC1=NC(c2ccc(Cc3ccccc3)cc2)(c2cccc(OCc3ccccc3)c2)NC(N)=N1. The lowest BCUT2D eigenvalue weighted by Gasteiger charge is -2.35. The summed E-state index contributed by atoms with van der Waals surface area (Å²) >= 11 is 0. The number of nitrogens with zero attached hydrogens (tertiary/aromatic N) is 2. The summed E-state index contributed by atoms with van der Waals surface area (Å²) in [6, 6.07) is 36.6. The first kappa shape index (κ1) is 22.2. The minimum absolute atomic E-state index is 0.116. The lowest BCUT2D eigenvalue weighted by molar-refractivity contribution is 0.305. The van der Waals surface area contributed by atoms with Crippen LogP contribution in [0.1, 0.15) is 27.8 Å². The van der Waals surface area contributed by atoms with Crippen LogP contribution in [0, 0.1) is 0 Å². The Morgan fingerprint density at radius 3 is 2.03 bits per heavy atom. The van der Waals surface area contributed by atoms with E-state index in [-0.39, 0.29) is 11.9 Å². The largest absolute Gasteiger partial charge is 0.489 e. The number of benzene rings is 4. The summed E-state index contributed by atoms with van der Waals surface area (Å²) in [6.45, 7) is 0.466. The van der Waals surface area contributed by atoms with Crippen LogP contribution in [0.5, 0.6) is 5.75 Å². The number of aliphatic imine (C=N–C) groups is 2. The molecular formula is C29H27N5O. The molecular weight excluding hydrogens is 434 g/mol. The zero-order valence-electron chi connectivity index (χ0n) is 19.3. The van der Waals surface area contributed by atoms with Crippen LogP contribution < -0.4 is 21.5 Å². The monoisotopic (exact) mass is 461 g/mol. The highest BCUT2D eigenvalue weighted by molar-refractivity contribution is 5.96. The first-order valence-electron chi connectivity index (χ1n) is 11.5. The van der Waals surface area contributed by atoms with Crippen LogP contribution in [0.25, 0.3) is 0 Å². The van der Waals surface area contributed by atoms with Gasteiger partial charge >= 0.3 is 0 Å². The highest BCUT2D eigenvalue weighted by Crippen LogP contribution is 2.35. The molecule has 0 saturated carbocycles. The molecule has 0 aliphatic carbocycles. The molecule has 1 aliphatic rings. The first-order valence-corrected chi connectivity index (χ1v) is 11.5. The number of rotatable bonds is 7. The van der Waals surface area contributed by atoms with E-state index in [1.54, 1.807) is 0 Å². The maximum Gasteiger partial charge on any atom is 0.221 e. The maximum atomic E-state index is 6.13. The van der Waals surface area contributed by atoms with Crippen molar-refractivity contribution in [1.82, 2.24) is 5.32 Å². The van der Waals surface area contributed by atoms with Gasteiger partial charge in [0.25, 0.3) is 0 Å². The quantitative estimate of drug-likeness (QED) is 0.382. The zero-order valence-corrected chi connectivity index (χ0v) is 19.3. The molecule has 1 aliphatic heterocycles. The summed E-state index contributed by atoms with van der Waals surface area (Å²) in [5.41, 5.74) is 16.5. The predicted molar refractivity (Wildman–Crippen MR) is 140 cm³/mol. The molecule has 5 N–H and O–H groups in total. The lowest BCUT2D eigenvalue weighted by Crippen LogP contribution is -2.52. The van der Waals surface area contributed by atoms with Gasteiger partial charge in [-0.15, -0.1) is 0 Å². The molecule has 4 aromatic carbocycles. The Kier molecular flexibility index (Phi) is 6.18. The first-order chi connectivity index (χ1) is 17.1. The van der Waals surface area contributed by atoms with Crippen LogP contribution >= 0.6 is 0 Å². The number of hydrogen-bond donors (Lipinski definition) is 3. The molecule has 0 saturated heterocycles. The molecule has 4 aromatic rings. The Morgan fingerprint density at radius 2 is 1.34 bits per heavy atom. The lowest BCUT2D eigenvalue weighted by atomic mass is 9.89. The Balaban J connectivity index is 1.47. The number of guanidine groups is 2. The van der Waals surface area contributed by atoms with Gasteiger partial charge < -0.3 is 21.5 Å². The zero-order chi connectivity index (χ0) is 24.1. The summed E-state index contributed by atoms with van der Waals surface area (Å²) in [4.78, 5) is 8.82. The van der Waals surface area contributed by atoms with Crippen LogP contribution in [0.3, 0.4) is 0 Å². The van der Waals surface area contributed by atoms with Crippen molar-refractivity contribution < 1.29 is 4.74 Å². The minimum atomic E-state index is -1.02. The molecule has 1 heterocycles. The summed E-state index contributed by atoms with van der Waals surface area (Å²) in [6.07, 6.45) is 0.847. The number of nitrogens with two attached hydrogens (primary N) is 2. The molecule has 1 unspecified atom stereocenters. The molecule has 6 nitrogen and oxygen atoms in total. The van der Waals surface area contributed by atoms with E-state index in [4.69, 9.17) is 21.2 Å². The van der Waals surface area contributed by atoms with Crippen LogP contribution in [0.15, 0.2) is 119 Å². The minimum Gasteiger partial charge on any atom is -0.489 e. The van der Waals surface area contributed by atoms with Crippen LogP contribution in [-0.2, 0) is 18.7 Å². The van der Waals surface area contributed by atoms with Gasteiger partial charge in [-0.05, 0) is 35.2 Å². The molecule has 174 valence electrons. The standard InChI is InChI=1S/C29H27N5O/c30-27-32-28(31)34-29(33-27,24-16-14-22(15-17-24)18-21-8-3-1-4-9-21)25-12-7-13-26(19-25)35-20-23-10-5-2-6-11-23/h1-17,19H,18,20H2,(H5,30,31,32,33,34). The third-order valence-electron chi connectivity index (χ3n) is 5.95. The molecule has 0 radical (unpaired) electrons. The van der Waals surface area contributed by atoms with Gasteiger partial charge in [-0.2, -0.15) is 4.99 Å². The van der Waals surface area contributed by atoms with Gasteiger partial charge in [0.2, 0.25) is 5.96 Å². The topological polar surface area (TPSA) is 98.0 Å². The Morgan fingerprint density at radius 1 is 0.686 bits per heavy atom. The van der Waals surface area contributed by atoms with Crippen molar-refractivity contribution in [1.29, 1.82) is 0 Å². The van der Waals surface area contributed by atoms with Crippen LogP contribution in [0.4, 0.5) is 0 Å². The average Bonchev–Trinajstić information content (AvgIpc) is 2.89. The Labute approximate surface area is 205 Å². The summed E-state index contributed by atoms with van der Waals surface area (Å²) in [7, 11) is 0. The third-order valence-corrected chi connectivity index (χ3v) is 5.95. The summed E-state index contributed by atoms with van der Waals surface area (Å²) in [5.74, 6) is 1.05. The second-order valence-corrected chi connectivity index (χ2v) is 8.46. The van der Waals surface area contributed by atoms with Crippen LogP contribution in [-0.4, -0.2) is 11.9 Å². The van der Waals surface area contributed by atoms with Crippen molar-refractivity contribution in [3.8, 4) is 5.75 Å². The highest BCUT2D eigenvalue weighted by atomic mass is 16.5. The molecule has 0 amide bonds. The van der Waals surface area contributed by atoms with E-state index in [1.165, 1.54) is 11.1 Å². The van der Waals surface area contributed by atoms with Crippen molar-refractivity contribution in [2.45, 2.75) is 18.7 Å². The second kappa shape index (κ2) is 9.73. The van der Waals surface area contributed by atoms with E-state index in [1.807, 2.05) is 60.7 Å². The Bertz CT molecular complexity index is 1350. The van der Waals surface area contributed by atoms with E-state index in [2.05, 4.69) is 58.8 Å². The van der Waals surface area contributed by atoms with Gasteiger partial charge in [0, 0.05) is 11.1 Å². The maximum absolute atomic E-state index is 6.13. The molecule has 5 rings (SSSR count). The van der Waals surface area contributed by atoms with Gasteiger partial charge in [-0.25, -0.2) is 4.99 Å². The van der Waals surface area contributed by atoms with Crippen molar-refractivity contribution >= 4 is 11.9 Å². The fraction of sp³-hybridized carbons (Fsp3) is 0.103. The van der Waals surface area contributed by atoms with Gasteiger partial charge in [0.1, 0.15) is 12.4 Å². The molecule has 6 heteroatoms. The Hall–Kier alpha value is -4.58. The fourth-order valence-electron chi connectivity index (χ4n) is 4.25. The average molecular weight is 462 g/mol. The van der Waals surface area contributed by atoms with E-state index >= 15 is 0 Å². The van der Waals surface area contributed by atoms with E-state index in [0.29, 0.717) is 6.61 Å². The van der Waals surface area contributed by atoms with Crippen molar-refractivity contribution in [2.75, 3.05) is 0 Å². The highest BCUT2D eigenvalue weighted by Gasteiger charge is 2.37. The van der Waals surface area contributed by atoms with Gasteiger partial charge in [0.15, 0.2) is 11.6 Å². The molecule has 0 bridgehead atoms. The molecule has 1 atom stereocenters. The van der Waals surface area contributed by atoms with Crippen LogP contribution in [0.2, 0.25) is 0 Å². The smallest absolute Gasteiger partial charge is 0.221 e. The number of nitrogens with one attached hydrogen (secondary N) is 1. The van der Waals surface area contributed by atoms with E-state index < -0.39 is 5.66 Å². The van der Waals surface area contributed by atoms with Gasteiger partial charge in [-0.3, -0.25) is 0 Å². The molecule has 0 aromatic heterocycles. The van der Waals surface area contributed by atoms with E-state index in [0.717, 1.165) is 28.9 Å². The normalized spacial score (nSPS) is 17.1. The van der Waals surface area contributed by atoms with Crippen molar-refractivity contribution in [3.05, 3.63) is 137 Å². The summed E-state index contributed by atoms with van der Waals surface area (Å²) < 4.78 is 6.07. The molecule has 0 fully saturated rings. The van der Waals surface area contributed by atoms with Crippen molar-refractivity contribution in [3.63, 3.8) is 0 Å². The number of ether oxygens (including phenoxy) is 1. The number of hydrogen-bond acceptors (Lipinski definition) is 6. The molecule has 0 spiro atoms. The second-order valence-electron chi connectivity index (χ2n) is 8.46. The molecule has 35 heavy (non-hydrogen) atoms. The van der Waals surface area contributed by atoms with Crippen molar-refractivity contribution in [2.24, 2.45) is 21.5 Å². The summed E-state index contributed by atoms with van der Waals surface area (Å²) in [5, 5.41) is 3.27. The van der Waals surface area contributed by atoms with Gasteiger partial charge in [-0.1, -0.05) is 97.1 Å². The van der Waals surface area contributed by atoms with Gasteiger partial charge in [0.05, 0.1) is 0 Å². The fourth-order valence-corrected chi connectivity index (χ4v) is 4.25.